The van der Waals surface area contributed by atoms with Crippen LogP contribution in [-0.2, 0) is 0 Å². The Balaban J connectivity index is 1.19. The molecule has 0 radical (unpaired) electrons. The van der Waals surface area contributed by atoms with Gasteiger partial charge < -0.3 is 0 Å². The molecule has 0 bridgehead atoms. The van der Waals surface area contributed by atoms with E-state index in [1.165, 1.54) is 54.9 Å². The molecule has 11 rings (SSSR count). The summed E-state index contributed by atoms with van der Waals surface area (Å²) in [5.41, 5.74) is 13.5. The number of pyridine rings is 1. The Labute approximate surface area is 300 Å². The van der Waals surface area contributed by atoms with Crippen molar-refractivity contribution in [3.05, 3.63) is 193 Å². The minimum absolute atomic E-state index is 0.0821. The van der Waals surface area contributed by atoms with Gasteiger partial charge in [-0.1, -0.05) is 133 Å². The third-order valence-electron chi connectivity index (χ3n) is 10.8. The number of para-hydroxylation sites is 3. The fourth-order valence-electron chi connectivity index (χ4n) is 8.48. The molecule has 4 nitrogen and oxygen atoms in total. The smallest absolute Gasteiger partial charge is 0.210 e. The molecule has 1 aliphatic carbocycles. The van der Waals surface area contributed by atoms with Gasteiger partial charge >= 0.3 is 0 Å². The van der Waals surface area contributed by atoms with E-state index in [9.17, 15) is 0 Å². The van der Waals surface area contributed by atoms with Crippen molar-refractivity contribution in [1.82, 2.24) is 14.5 Å². The predicted octanol–water partition coefficient (Wildman–Crippen LogP) is 11.1. The van der Waals surface area contributed by atoms with Gasteiger partial charge in [0.15, 0.2) is 18.2 Å². The first-order chi connectivity index (χ1) is 25.8. The van der Waals surface area contributed by atoms with E-state index in [-0.39, 0.29) is 6.04 Å². The summed E-state index contributed by atoms with van der Waals surface area (Å²) in [5.74, 6) is 0.822. The van der Waals surface area contributed by atoms with Crippen LogP contribution in [0.1, 0.15) is 17.2 Å². The molecule has 1 aliphatic rings. The Morgan fingerprint density at radius 2 is 1.10 bits per heavy atom. The van der Waals surface area contributed by atoms with Crippen LogP contribution in [0.25, 0.3) is 82.9 Å². The molecule has 0 fully saturated rings. The summed E-state index contributed by atoms with van der Waals surface area (Å²) >= 11 is 0. The average Bonchev–Trinajstić information content (AvgIpc) is 3.74. The molecule has 1 atom stereocenters. The topological polar surface area (TPSA) is 34.6 Å². The highest BCUT2D eigenvalue weighted by atomic mass is 15.1. The zero-order chi connectivity index (χ0) is 34.2. The summed E-state index contributed by atoms with van der Waals surface area (Å²) < 4.78 is 4.67. The number of nitrogens with zero attached hydrogens (tertiary/aromatic N) is 4. The van der Waals surface area contributed by atoms with Crippen LogP contribution in [0.4, 0.5) is 0 Å². The van der Waals surface area contributed by atoms with Crippen LogP contribution < -0.4 is 4.57 Å². The highest BCUT2D eigenvalue weighted by Crippen LogP contribution is 2.48. The third kappa shape index (κ3) is 4.25. The molecular weight excluding hydrogens is 633 g/mol. The maximum atomic E-state index is 5.39. The highest BCUT2D eigenvalue weighted by molar-refractivity contribution is 6.22. The molecule has 1 unspecified atom stereocenters. The van der Waals surface area contributed by atoms with E-state index in [2.05, 4.69) is 173 Å². The first kappa shape index (κ1) is 28.9. The molecule has 0 spiro atoms. The van der Waals surface area contributed by atoms with Crippen molar-refractivity contribution in [3.8, 4) is 39.3 Å². The fourth-order valence-corrected chi connectivity index (χ4v) is 8.48. The molecule has 7 aromatic carbocycles. The van der Waals surface area contributed by atoms with Crippen LogP contribution in [0.15, 0.2) is 182 Å². The Morgan fingerprint density at radius 1 is 0.442 bits per heavy atom. The number of fused-ring (bicyclic) bond motifs is 10. The summed E-state index contributed by atoms with van der Waals surface area (Å²) in [6.07, 6.45) is 4.37. The minimum atomic E-state index is 0.0821. The van der Waals surface area contributed by atoms with Gasteiger partial charge in [0, 0.05) is 39.6 Å². The summed E-state index contributed by atoms with van der Waals surface area (Å²) in [6.45, 7) is 0. The molecule has 242 valence electrons. The maximum Gasteiger partial charge on any atom is 0.210 e. The number of rotatable bonds is 4. The number of hydrogen-bond acceptors (Lipinski definition) is 2. The molecule has 0 saturated heterocycles. The van der Waals surface area contributed by atoms with E-state index in [1.54, 1.807) is 0 Å². The lowest BCUT2D eigenvalue weighted by molar-refractivity contribution is -0.704. The number of hydrogen-bond donors (Lipinski definition) is 0. The van der Waals surface area contributed by atoms with Crippen LogP contribution in [0, 0.1) is 0 Å². The largest absolute Gasteiger partial charge is 0.292 e. The zero-order valence-corrected chi connectivity index (χ0v) is 28.2. The van der Waals surface area contributed by atoms with Gasteiger partial charge in [-0.2, -0.15) is 4.57 Å². The summed E-state index contributed by atoms with van der Waals surface area (Å²) in [5, 5.41) is 4.93. The van der Waals surface area contributed by atoms with E-state index in [4.69, 9.17) is 9.97 Å². The fraction of sp³-hybridized carbons (Fsp3) is 0.0208. The van der Waals surface area contributed by atoms with Crippen LogP contribution in [0.5, 0.6) is 0 Å². The lowest BCUT2D eigenvalue weighted by Crippen LogP contribution is -2.38. The SMILES string of the molecule is c1ccc(-c2ccc(-c3nc4ccccc4nc3-n3c4ccccc4c4c5ccc6c(c5ccc43)C([n+]3ccccc3)c3ccccc3-6)cc2)cc1. The molecule has 0 aliphatic heterocycles. The molecule has 3 aromatic heterocycles. The van der Waals surface area contributed by atoms with Crippen molar-refractivity contribution in [2.75, 3.05) is 0 Å². The third-order valence-corrected chi connectivity index (χ3v) is 10.8. The number of benzene rings is 7. The quantitative estimate of drug-likeness (QED) is 0.176. The Hall–Kier alpha value is -6.91. The minimum Gasteiger partial charge on any atom is -0.292 e. The second-order valence-corrected chi connectivity index (χ2v) is 13.6. The standard InChI is InChI=1S/C48H31N4/c1-3-13-31(14-4-1)32-21-23-33(24-22-32)46-48(50-41-19-9-8-18-40(41)49-46)52-42-20-10-7-17-39(42)44-36-26-25-35-34-15-5-6-16-38(34)47(51-29-11-2-12-30-51)45(35)37(36)27-28-43(44)52/h1-30,47H/q+1. The van der Waals surface area contributed by atoms with Gasteiger partial charge in [-0.15, -0.1) is 0 Å². The maximum absolute atomic E-state index is 5.39. The first-order valence-electron chi connectivity index (χ1n) is 17.8. The van der Waals surface area contributed by atoms with E-state index < -0.39 is 0 Å². The lowest BCUT2D eigenvalue weighted by Gasteiger charge is -2.15. The van der Waals surface area contributed by atoms with Gasteiger partial charge in [0.1, 0.15) is 5.69 Å². The molecule has 0 N–H and O–H groups in total. The molecule has 52 heavy (non-hydrogen) atoms. The van der Waals surface area contributed by atoms with E-state index >= 15 is 0 Å². The van der Waals surface area contributed by atoms with Gasteiger partial charge in [0.05, 0.1) is 22.1 Å². The van der Waals surface area contributed by atoms with Crippen molar-refractivity contribution < 1.29 is 4.57 Å². The van der Waals surface area contributed by atoms with Crippen molar-refractivity contribution in [2.45, 2.75) is 6.04 Å². The first-order valence-corrected chi connectivity index (χ1v) is 17.8. The van der Waals surface area contributed by atoms with Gasteiger partial charge in [0.25, 0.3) is 0 Å². The van der Waals surface area contributed by atoms with Crippen LogP contribution >= 0.6 is 0 Å². The lowest BCUT2D eigenvalue weighted by atomic mass is 9.94. The van der Waals surface area contributed by atoms with Gasteiger partial charge in [-0.3, -0.25) is 4.57 Å². The van der Waals surface area contributed by atoms with E-state index in [1.807, 2.05) is 18.2 Å². The van der Waals surface area contributed by atoms with Crippen LogP contribution in [0.2, 0.25) is 0 Å². The Kier molecular flexibility index (Phi) is 6.28. The molecule has 0 amide bonds. The molecule has 3 heterocycles. The van der Waals surface area contributed by atoms with E-state index in [0.29, 0.717) is 0 Å². The summed E-state index contributed by atoms with van der Waals surface area (Å²) in [6, 6.07) is 60.7. The molecule has 10 aromatic rings. The van der Waals surface area contributed by atoms with Crippen molar-refractivity contribution in [3.63, 3.8) is 0 Å². The highest BCUT2D eigenvalue weighted by Gasteiger charge is 2.37. The monoisotopic (exact) mass is 663 g/mol. The van der Waals surface area contributed by atoms with Gasteiger partial charge in [-0.05, 0) is 57.3 Å². The normalized spacial score (nSPS) is 13.6. The van der Waals surface area contributed by atoms with Crippen molar-refractivity contribution in [1.29, 1.82) is 0 Å². The van der Waals surface area contributed by atoms with Crippen LogP contribution in [0.3, 0.4) is 0 Å². The number of aromatic nitrogens is 4. The Morgan fingerprint density at radius 3 is 1.94 bits per heavy atom. The second kappa shape index (κ2) is 11.3. The molecular formula is C48H31N4+. The van der Waals surface area contributed by atoms with E-state index in [0.717, 1.165) is 39.1 Å². The summed E-state index contributed by atoms with van der Waals surface area (Å²) in [4.78, 5) is 10.7. The molecule has 4 heteroatoms. The van der Waals surface area contributed by atoms with Crippen LogP contribution in [-0.4, -0.2) is 14.5 Å². The average molecular weight is 664 g/mol. The zero-order valence-electron chi connectivity index (χ0n) is 28.2. The predicted molar refractivity (Wildman–Crippen MR) is 212 cm³/mol. The summed E-state index contributed by atoms with van der Waals surface area (Å²) in [7, 11) is 0. The second-order valence-electron chi connectivity index (χ2n) is 13.6. The van der Waals surface area contributed by atoms with Crippen molar-refractivity contribution in [2.24, 2.45) is 0 Å². The van der Waals surface area contributed by atoms with Gasteiger partial charge in [0.2, 0.25) is 6.04 Å². The van der Waals surface area contributed by atoms with Gasteiger partial charge in [-0.25, -0.2) is 9.97 Å². The van der Waals surface area contributed by atoms with Crippen molar-refractivity contribution >= 4 is 43.6 Å². The molecule has 0 saturated carbocycles. The Bertz CT molecular complexity index is 3000.